The Balaban J connectivity index is 1.49. The third-order valence-corrected chi connectivity index (χ3v) is 4.25. The molecule has 1 N–H and O–H groups in total. The number of nitrogens with zero attached hydrogens (tertiary/aromatic N) is 3. The summed E-state index contributed by atoms with van der Waals surface area (Å²) in [6, 6.07) is 5.11. The summed E-state index contributed by atoms with van der Waals surface area (Å²) < 4.78 is 44.0. The van der Waals surface area contributed by atoms with Crippen molar-refractivity contribution < 1.29 is 22.7 Å². The number of nitrogens with one attached hydrogen (secondary N) is 1. The zero-order chi connectivity index (χ0) is 18.6. The number of hydrogen-bond acceptors (Lipinski definition) is 4. The number of halogens is 3. The van der Waals surface area contributed by atoms with E-state index in [2.05, 4.69) is 14.9 Å². The van der Waals surface area contributed by atoms with Crippen LogP contribution in [0, 0.1) is 0 Å². The van der Waals surface area contributed by atoms with E-state index in [9.17, 15) is 18.0 Å². The van der Waals surface area contributed by atoms with Crippen LogP contribution in [0.25, 0.3) is 0 Å². The van der Waals surface area contributed by atoms with Crippen molar-refractivity contribution in [2.24, 2.45) is 0 Å². The van der Waals surface area contributed by atoms with E-state index in [0.717, 1.165) is 11.8 Å². The number of alkyl halides is 3. The third-order valence-electron chi connectivity index (χ3n) is 4.25. The number of aromatic nitrogens is 2. The maximum Gasteiger partial charge on any atom is 0.416 e. The number of imidazole rings is 1. The number of H-pyrrole nitrogens is 1. The van der Waals surface area contributed by atoms with Crippen LogP contribution in [0.5, 0.6) is 0 Å². The normalized spacial score (nSPS) is 15.9. The van der Waals surface area contributed by atoms with Gasteiger partial charge in [0.25, 0.3) is 0 Å². The van der Waals surface area contributed by atoms with Crippen LogP contribution in [0.2, 0.25) is 0 Å². The first-order valence-corrected chi connectivity index (χ1v) is 8.20. The van der Waals surface area contributed by atoms with Gasteiger partial charge in [0.15, 0.2) is 0 Å². The Morgan fingerprint density at radius 2 is 1.92 bits per heavy atom. The van der Waals surface area contributed by atoms with E-state index in [1.54, 1.807) is 12.5 Å². The maximum atomic E-state index is 13.0. The molecule has 1 amide bonds. The summed E-state index contributed by atoms with van der Waals surface area (Å²) in [6.07, 6.45) is -1.70. The van der Waals surface area contributed by atoms with E-state index in [4.69, 9.17) is 4.74 Å². The summed E-state index contributed by atoms with van der Waals surface area (Å²) in [7, 11) is 0. The fraction of sp³-hybridized carbons (Fsp3) is 0.412. The Morgan fingerprint density at radius 3 is 2.58 bits per heavy atom. The minimum Gasteiger partial charge on any atom is -0.445 e. The number of hydrogen-bond donors (Lipinski definition) is 1. The monoisotopic (exact) mass is 368 g/mol. The second-order valence-electron chi connectivity index (χ2n) is 6.05. The number of carbonyl (C=O) groups is 1. The van der Waals surface area contributed by atoms with E-state index in [1.165, 1.54) is 23.1 Å². The van der Waals surface area contributed by atoms with Gasteiger partial charge < -0.3 is 14.6 Å². The van der Waals surface area contributed by atoms with Gasteiger partial charge in [0, 0.05) is 50.2 Å². The lowest BCUT2D eigenvalue weighted by molar-refractivity contribution is -0.138. The van der Waals surface area contributed by atoms with Crippen LogP contribution < -0.4 is 0 Å². The Hall–Kier alpha value is -2.55. The summed E-state index contributed by atoms with van der Waals surface area (Å²) >= 11 is 0. The topological polar surface area (TPSA) is 61.5 Å². The fourth-order valence-electron chi connectivity index (χ4n) is 2.85. The molecule has 0 bridgehead atoms. The van der Waals surface area contributed by atoms with Crippen molar-refractivity contribution in [2.45, 2.75) is 19.3 Å². The first-order valence-electron chi connectivity index (χ1n) is 8.20. The molecule has 1 aromatic carbocycles. The number of rotatable bonds is 4. The molecule has 1 saturated heterocycles. The Kier molecular flexibility index (Phi) is 5.46. The number of amides is 1. The Bertz CT molecular complexity index is 726. The second-order valence-corrected chi connectivity index (χ2v) is 6.05. The molecule has 140 valence electrons. The molecule has 0 saturated carbocycles. The first-order chi connectivity index (χ1) is 12.4. The predicted octanol–water partition coefficient (Wildman–Crippen LogP) is 2.88. The summed E-state index contributed by atoms with van der Waals surface area (Å²) in [4.78, 5) is 22.8. The quantitative estimate of drug-likeness (QED) is 0.902. The number of aromatic amines is 1. The van der Waals surface area contributed by atoms with Gasteiger partial charge in [-0.05, 0) is 6.07 Å². The molecule has 2 heterocycles. The van der Waals surface area contributed by atoms with Crippen molar-refractivity contribution in [1.29, 1.82) is 0 Å². The minimum atomic E-state index is -4.47. The molecule has 1 aromatic heterocycles. The molecule has 2 aromatic rings. The van der Waals surface area contributed by atoms with Crippen molar-refractivity contribution in [3.05, 3.63) is 53.6 Å². The molecular weight excluding hydrogens is 349 g/mol. The molecule has 1 fully saturated rings. The number of piperazine rings is 1. The number of benzene rings is 1. The van der Waals surface area contributed by atoms with Crippen LogP contribution in [-0.4, -0.2) is 52.0 Å². The predicted molar refractivity (Wildman–Crippen MR) is 87.1 cm³/mol. The van der Waals surface area contributed by atoms with Crippen LogP contribution >= 0.6 is 0 Å². The highest BCUT2D eigenvalue weighted by molar-refractivity contribution is 5.67. The van der Waals surface area contributed by atoms with Crippen molar-refractivity contribution in [3.63, 3.8) is 0 Å². The van der Waals surface area contributed by atoms with E-state index >= 15 is 0 Å². The van der Waals surface area contributed by atoms with E-state index in [1.807, 2.05) is 0 Å². The molecule has 6 nitrogen and oxygen atoms in total. The highest BCUT2D eigenvalue weighted by Crippen LogP contribution is 2.32. The summed E-state index contributed by atoms with van der Waals surface area (Å²) in [5.74, 6) is 0. The van der Waals surface area contributed by atoms with Crippen LogP contribution in [-0.2, 0) is 24.1 Å². The summed E-state index contributed by atoms with van der Waals surface area (Å²) in [5.41, 5.74) is 0.160. The SMILES string of the molecule is O=C(OCc1ccccc1C(F)(F)F)N1CCN(Cc2cnc[nH]2)CC1. The zero-order valence-corrected chi connectivity index (χ0v) is 14.0. The Labute approximate surface area is 148 Å². The molecule has 0 atom stereocenters. The summed E-state index contributed by atoms with van der Waals surface area (Å²) in [5, 5.41) is 0. The molecule has 0 radical (unpaired) electrons. The van der Waals surface area contributed by atoms with Gasteiger partial charge in [-0.15, -0.1) is 0 Å². The van der Waals surface area contributed by atoms with Gasteiger partial charge in [-0.2, -0.15) is 13.2 Å². The van der Waals surface area contributed by atoms with Crippen molar-refractivity contribution in [3.8, 4) is 0 Å². The van der Waals surface area contributed by atoms with Crippen LogP contribution in [0.1, 0.15) is 16.8 Å². The van der Waals surface area contributed by atoms with Crippen molar-refractivity contribution in [2.75, 3.05) is 26.2 Å². The van der Waals surface area contributed by atoms with E-state index < -0.39 is 24.4 Å². The smallest absolute Gasteiger partial charge is 0.416 e. The molecule has 0 spiro atoms. The molecule has 0 unspecified atom stereocenters. The highest BCUT2D eigenvalue weighted by atomic mass is 19.4. The lowest BCUT2D eigenvalue weighted by Crippen LogP contribution is -2.48. The van der Waals surface area contributed by atoms with Crippen LogP contribution in [0.15, 0.2) is 36.8 Å². The van der Waals surface area contributed by atoms with E-state index in [0.29, 0.717) is 32.7 Å². The number of carbonyl (C=O) groups excluding carboxylic acids is 1. The van der Waals surface area contributed by atoms with Gasteiger partial charge in [0.1, 0.15) is 6.61 Å². The highest BCUT2D eigenvalue weighted by Gasteiger charge is 2.33. The van der Waals surface area contributed by atoms with Crippen LogP contribution in [0.3, 0.4) is 0 Å². The molecule has 1 aliphatic heterocycles. The Morgan fingerprint density at radius 1 is 1.19 bits per heavy atom. The van der Waals surface area contributed by atoms with Gasteiger partial charge in [0.2, 0.25) is 0 Å². The number of ether oxygens (including phenoxy) is 1. The lowest BCUT2D eigenvalue weighted by atomic mass is 10.1. The van der Waals surface area contributed by atoms with E-state index in [-0.39, 0.29) is 5.56 Å². The minimum absolute atomic E-state index is 0.0498. The lowest BCUT2D eigenvalue weighted by Gasteiger charge is -2.33. The molecular formula is C17H19F3N4O2. The molecule has 9 heteroatoms. The zero-order valence-electron chi connectivity index (χ0n) is 14.0. The fourth-order valence-corrected chi connectivity index (χ4v) is 2.85. The van der Waals surface area contributed by atoms with Gasteiger partial charge >= 0.3 is 12.3 Å². The van der Waals surface area contributed by atoms with Crippen LogP contribution in [0.4, 0.5) is 18.0 Å². The first kappa shape index (κ1) is 18.2. The molecule has 26 heavy (non-hydrogen) atoms. The average Bonchev–Trinajstić information content (AvgIpc) is 3.13. The molecule has 0 aliphatic carbocycles. The van der Waals surface area contributed by atoms with Crippen molar-refractivity contribution >= 4 is 6.09 Å². The molecule has 1 aliphatic rings. The third kappa shape index (κ3) is 4.54. The standard InChI is InChI=1S/C17H19F3N4O2/c18-17(19,20)15-4-2-1-3-13(15)11-26-16(25)24-7-5-23(6-8-24)10-14-9-21-12-22-14/h1-4,9,12H,5-8,10-11H2,(H,21,22). The van der Waals surface area contributed by atoms with Crippen molar-refractivity contribution in [1.82, 2.24) is 19.8 Å². The van der Waals surface area contributed by atoms with Gasteiger partial charge in [0.05, 0.1) is 11.9 Å². The average molecular weight is 368 g/mol. The second kappa shape index (κ2) is 7.77. The van der Waals surface area contributed by atoms with Gasteiger partial charge in [-0.25, -0.2) is 9.78 Å². The maximum absolute atomic E-state index is 13.0. The largest absolute Gasteiger partial charge is 0.445 e. The van der Waals surface area contributed by atoms with Gasteiger partial charge in [-0.1, -0.05) is 18.2 Å². The molecule has 3 rings (SSSR count). The summed E-state index contributed by atoms with van der Waals surface area (Å²) in [6.45, 7) is 2.56. The van der Waals surface area contributed by atoms with Gasteiger partial charge in [-0.3, -0.25) is 4.90 Å².